The van der Waals surface area contributed by atoms with E-state index < -0.39 is 0 Å². The van der Waals surface area contributed by atoms with Gasteiger partial charge in [0.25, 0.3) is 5.52 Å². The molecule has 4 nitrogen and oxygen atoms in total. The summed E-state index contributed by atoms with van der Waals surface area (Å²) in [5.41, 5.74) is 4.31. The van der Waals surface area contributed by atoms with Crippen LogP contribution in [0.3, 0.4) is 0 Å². The van der Waals surface area contributed by atoms with Gasteiger partial charge in [0.2, 0.25) is 11.5 Å². The second-order valence-electron chi connectivity index (χ2n) is 6.91. The number of aromatic nitrogens is 1. The molecule has 0 radical (unpaired) electrons. The van der Waals surface area contributed by atoms with Crippen LogP contribution in [0.25, 0.3) is 17.2 Å². The molecule has 5 rings (SSSR count). The minimum absolute atomic E-state index is 0.758. The molecule has 0 N–H and O–H groups in total. The summed E-state index contributed by atoms with van der Waals surface area (Å²) in [6, 6.07) is 26.7. The van der Waals surface area contributed by atoms with Crippen LogP contribution >= 0.6 is 0 Å². The van der Waals surface area contributed by atoms with Crippen LogP contribution in [-0.4, -0.2) is 6.54 Å². The summed E-state index contributed by atoms with van der Waals surface area (Å²) in [5.74, 6) is 2.42. The van der Waals surface area contributed by atoms with Gasteiger partial charge in [0.15, 0.2) is 5.75 Å². The van der Waals surface area contributed by atoms with Crippen molar-refractivity contribution in [3.8, 4) is 5.75 Å². The Morgan fingerprint density at radius 2 is 1.64 bits per heavy atom. The third kappa shape index (κ3) is 2.93. The molecule has 0 bridgehead atoms. The first-order chi connectivity index (χ1) is 13.8. The van der Waals surface area contributed by atoms with Crippen LogP contribution < -0.4 is 14.2 Å². The minimum Gasteiger partial charge on any atom is -0.438 e. The van der Waals surface area contributed by atoms with Gasteiger partial charge in [-0.2, -0.15) is 4.57 Å². The largest absolute Gasteiger partial charge is 0.438 e. The highest BCUT2D eigenvalue weighted by molar-refractivity contribution is 5.72. The predicted molar refractivity (Wildman–Crippen MR) is 110 cm³/mol. The number of para-hydroxylation sites is 4. The SMILES string of the molecule is C[n+]1c(C=C2Oc3ccccc3N2CCc2ccccc2)oc2ccccc21. The first kappa shape index (κ1) is 16.6. The number of nitrogens with zero attached hydrogens (tertiary/aromatic N) is 2. The maximum absolute atomic E-state index is 6.18. The topological polar surface area (TPSA) is 29.5 Å². The molecule has 0 atom stereocenters. The van der Waals surface area contributed by atoms with Crippen LogP contribution in [0.5, 0.6) is 5.75 Å². The van der Waals surface area contributed by atoms with Crippen LogP contribution in [-0.2, 0) is 13.5 Å². The van der Waals surface area contributed by atoms with Gasteiger partial charge in [-0.25, -0.2) is 0 Å². The van der Waals surface area contributed by atoms with E-state index in [1.165, 1.54) is 5.56 Å². The fraction of sp³-hybridized carbons (Fsp3) is 0.125. The Morgan fingerprint density at radius 3 is 2.50 bits per heavy atom. The lowest BCUT2D eigenvalue weighted by molar-refractivity contribution is -0.652. The average Bonchev–Trinajstić information content (AvgIpc) is 3.25. The molecule has 1 aliphatic rings. The number of rotatable bonds is 4. The standard InChI is InChI=1S/C24H21N2O2/c1-25-19-11-5-7-13-21(19)27-23(25)17-24-26(16-15-18-9-3-2-4-10-18)20-12-6-8-14-22(20)28-24/h2-14,17H,15-16H2,1H3/q+1. The van der Waals surface area contributed by atoms with E-state index in [4.69, 9.17) is 9.15 Å². The number of fused-ring (bicyclic) bond motifs is 2. The molecule has 0 saturated carbocycles. The minimum atomic E-state index is 0.758. The Labute approximate surface area is 163 Å². The highest BCUT2D eigenvalue weighted by atomic mass is 16.5. The Morgan fingerprint density at radius 1 is 0.893 bits per heavy atom. The highest BCUT2D eigenvalue weighted by Gasteiger charge is 2.28. The van der Waals surface area contributed by atoms with Crippen LogP contribution in [0.15, 0.2) is 89.2 Å². The number of hydrogen-bond acceptors (Lipinski definition) is 3. The second kappa shape index (κ2) is 6.89. The lowest BCUT2D eigenvalue weighted by Gasteiger charge is -2.17. The van der Waals surface area contributed by atoms with E-state index in [-0.39, 0.29) is 0 Å². The molecule has 1 aromatic heterocycles. The molecule has 0 saturated heterocycles. The number of anilines is 1. The van der Waals surface area contributed by atoms with Gasteiger partial charge < -0.3 is 14.1 Å². The third-order valence-corrected chi connectivity index (χ3v) is 5.12. The lowest BCUT2D eigenvalue weighted by Crippen LogP contribution is -2.30. The number of aryl methyl sites for hydroxylation is 1. The van der Waals surface area contributed by atoms with E-state index in [9.17, 15) is 0 Å². The summed E-state index contributed by atoms with van der Waals surface area (Å²) in [7, 11) is 2.01. The van der Waals surface area contributed by atoms with E-state index in [1.54, 1.807) is 0 Å². The zero-order valence-corrected chi connectivity index (χ0v) is 15.7. The van der Waals surface area contributed by atoms with Gasteiger partial charge in [0.1, 0.15) is 13.1 Å². The van der Waals surface area contributed by atoms with Crippen molar-refractivity contribution < 1.29 is 13.7 Å². The van der Waals surface area contributed by atoms with Crippen molar-refractivity contribution in [1.82, 2.24) is 0 Å². The normalized spacial score (nSPS) is 14.5. The van der Waals surface area contributed by atoms with E-state index in [0.717, 1.165) is 47.3 Å². The van der Waals surface area contributed by atoms with E-state index >= 15 is 0 Å². The van der Waals surface area contributed by atoms with Crippen molar-refractivity contribution >= 4 is 22.9 Å². The molecule has 0 fully saturated rings. The van der Waals surface area contributed by atoms with Crippen molar-refractivity contribution in [2.24, 2.45) is 7.05 Å². The van der Waals surface area contributed by atoms with Crippen LogP contribution in [0.4, 0.5) is 5.69 Å². The molecule has 0 unspecified atom stereocenters. The zero-order valence-electron chi connectivity index (χ0n) is 15.7. The fourth-order valence-electron chi connectivity index (χ4n) is 3.63. The molecule has 4 heteroatoms. The smallest absolute Gasteiger partial charge is 0.379 e. The summed E-state index contributed by atoms with van der Waals surface area (Å²) in [5, 5.41) is 0. The van der Waals surface area contributed by atoms with Crippen LogP contribution in [0.1, 0.15) is 11.5 Å². The van der Waals surface area contributed by atoms with Crippen molar-refractivity contribution in [3.63, 3.8) is 0 Å². The van der Waals surface area contributed by atoms with Gasteiger partial charge >= 0.3 is 5.89 Å². The van der Waals surface area contributed by atoms with Crippen molar-refractivity contribution in [1.29, 1.82) is 0 Å². The Hall–Kier alpha value is -3.53. The van der Waals surface area contributed by atoms with Gasteiger partial charge in [-0.3, -0.25) is 0 Å². The third-order valence-electron chi connectivity index (χ3n) is 5.12. The quantitative estimate of drug-likeness (QED) is 0.489. The van der Waals surface area contributed by atoms with Crippen molar-refractivity contribution in [3.05, 3.63) is 96.2 Å². The van der Waals surface area contributed by atoms with Gasteiger partial charge in [-0.1, -0.05) is 54.6 Å². The first-order valence-electron chi connectivity index (χ1n) is 9.47. The Kier molecular flexibility index (Phi) is 4.09. The molecule has 0 aliphatic carbocycles. The summed E-state index contributed by atoms with van der Waals surface area (Å²) in [6.45, 7) is 0.830. The summed E-state index contributed by atoms with van der Waals surface area (Å²) in [6.07, 6.45) is 2.91. The molecule has 0 amide bonds. The maximum atomic E-state index is 6.18. The van der Waals surface area contributed by atoms with Crippen molar-refractivity contribution in [2.75, 3.05) is 11.4 Å². The molecule has 1 aliphatic heterocycles. The fourth-order valence-corrected chi connectivity index (χ4v) is 3.63. The Balaban J connectivity index is 1.51. The number of oxazole rings is 1. The molecule has 138 valence electrons. The first-order valence-corrected chi connectivity index (χ1v) is 9.47. The van der Waals surface area contributed by atoms with Crippen LogP contribution in [0, 0.1) is 0 Å². The van der Waals surface area contributed by atoms with Gasteiger partial charge in [-0.05, 0) is 30.2 Å². The number of hydrogen-bond donors (Lipinski definition) is 0. The molecule has 0 spiro atoms. The lowest BCUT2D eigenvalue weighted by atomic mass is 10.1. The van der Waals surface area contributed by atoms with Gasteiger partial charge in [0, 0.05) is 12.6 Å². The second-order valence-corrected chi connectivity index (χ2v) is 6.91. The molecule has 28 heavy (non-hydrogen) atoms. The predicted octanol–water partition coefficient (Wildman–Crippen LogP) is 4.70. The molecule has 3 aromatic carbocycles. The summed E-state index contributed by atoms with van der Waals surface area (Å²) in [4.78, 5) is 2.22. The van der Waals surface area contributed by atoms with Gasteiger partial charge in [-0.15, -0.1) is 0 Å². The van der Waals surface area contributed by atoms with Gasteiger partial charge in [0.05, 0.1) is 5.69 Å². The average molecular weight is 369 g/mol. The molecular formula is C24H21N2O2+. The maximum Gasteiger partial charge on any atom is 0.379 e. The summed E-state index contributed by atoms with van der Waals surface area (Å²) >= 11 is 0. The molecule has 2 heterocycles. The number of ether oxygens (including phenoxy) is 1. The van der Waals surface area contributed by atoms with E-state index in [0.29, 0.717) is 0 Å². The monoisotopic (exact) mass is 369 g/mol. The van der Waals surface area contributed by atoms with E-state index in [1.807, 2.05) is 60.2 Å². The van der Waals surface area contributed by atoms with Crippen LogP contribution in [0.2, 0.25) is 0 Å². The highest BCUT2D eigenvalue weighted by Crippen LogP contribution is 2.39. The molecular weight excluding hydrogens is 348 g/mol. The number of benzene rings is 3. The Bertz CT molecular complexity index is 1160. The van der Waals surface area contributed by atoms with Crippen molar-refractivity contribution in [2.45, 2.75) is 6.42 Å². The zero-order chi connectivity index (χ0) is 18.9. The summed E-state index contributed by atoms with van der Waals surface area (Å²) < 4.78 is 14.3. The molecule has 4 aromatic rings. The van der Waals surface area contributed by atoms with E-state index in [2.05, 4.69) is 41.3 Å².